The summed E-state index contributed by atoms with van der Waals surface area (Å²) in [5, 5.41) is 0. The maximum Gasteiger partial charge on any atom is 0.221 e. The molecule has 0 spiro atoms. The van der Waals surface area contributed by atoms with E-state index in [0.29, 0.717) is 19.4 Å². The van der Waals surface area contributed by atoms with Crippen LogP contribution in [0.5, 0.6) is 0 Å². The summed E-state index contributed by atoms with van der Waals surface area (Å²) in [7, 11) is 0. The van der Waals surface area contributed by atoms with Gasteiger partial charge in [-0.25, -0.2) is 0 Å². The lowest BCUT2D eigenvalue weighted by Crippen LogP contribution is -2.29. The summed E-state index contributed by atoms with van der Waals surface area (Å²) in [4.78, 5) is 27.8. The van der Waals surface area contributed by atoms with Gasteiger partial charge in [0.1, 0.15) is 5.78 Å². The van der Waals surface area contributed by atoms with Crippen LogP contribution in [-0.2, 0) is 16.0 Å². The van der Waals surface area contributed by atoms with Gasteiger partial charge in [-0.05, 0) is 24.8 Å². The molecular weight excluding hydrogens is 292 g/mol. The van der Waals surface area contributed by atoms with Gasteiger partial charge in [0.15, 0.2) is 5.96 Å². The Hall–Kier alpha value is -2.37. The van der Waals surface area contributed by atoms with Crippen LogP contribution in [0, 0.1) is 11.8 Å². The number of carbonyl (C=O) groups excluding carboxylic acids is 2. The van der Waals surface area contributed by atoms with E-state index in [1.165, 1.54) is 0 Å². The van der Waals surface area contributed by atoms with Gasteiger partial charge in [-0.1, -0.05) is 37.3 Å². The van der Waals surface area contributed by atoms with Crippen molar-refractivity contribution in [3.8, 4) is 0 Å². The first-order valence-electron chi connectivity index (χ1n) is 7.81. The molecule has 0 aliphatic rings. The van der Waals surface area contributed by atoms with Crippen molar-refractivity contribution in [2.45, 2.75) is 32.6 Å². The minimum absolute atomic E-state index is 0.0504. The molecular formula is C17H26N4O2. The van der Waals surface area contributed by atoms with Crippen molar-refractivity contribution in [3.63, 3.8) is 0 Å². The van der Waals surface area contributed by atoms with Crippen molar-refractivity contribution >= 4 is 17.6 Å². The van der Waals surface area contributed by atoms with Crippen molar-refractivity contribution in [3.05, 3.63) is 35.9 Å². The number of rotatable bonds is 10. The highest BCUT2D eigenvalue weighted by Gasteiger charge is 2.23. The second-order valence-electron chi connectivity index (χ2n) is 5.81. The fraction of sp³-hybridized carbons (Fsp3) is 0.471. The van der Waals surface area contributed by atoms with Crippen LogP contribution in [0.1, 0.15) is 31.7 Å². The number of ketones is 1. The van der Waals surface area contributed by atoms with Gasteiger partial charge in [0.25, 0.3) is 0 Å². The number of primary amides is 1. The number of Topliss-reactive ketones (excluding diaryl/α,β-unsaturated/α-hetero) is 1. The molecule has 6 nitrogen and oxygen atoms in total. The van der Waals surface area contributed by atoms with Crippen LogP contribution in [-0.4, -0.2) is 24.2 Å². The van der Waals surface area contributed by atoms with Crippen LogP contribution in [0.25, 0.3) is 0 Å². The molecule has 6 N–H and O–H groups in total. The minimum atomic E-state index is -0.468. The molecule has 0 bridgehead atoms. The predicted molar refractivity (Wildman–Crippen MR) is 91.5 cm³/mol. The van der Waals surface area contributed by atoms with Crippen molar-refractivity contribution in [2.24, 2.45) is 34.0 Å². The number of aliphatic imine (C=N–C) groups is 1. The van der Waals surface area contributed by atoms with E-state index in [-0.39, 0.29) is 24.1 Å². The summed E-state index contributed by atoms with van der Waals surface area (Å²) in [6, 6.07) is 9.58. The summed E-state index contributed by atoms with van der Waals surface area (Å²) in [6.07, 6.45) is 2.08. The highest BCUT2D eigenvalue weighted by atomic mass is 16.1. The number of hydrogen-bond donors (Lipinski definition) is 3. The summed E-state index contributed by atoms with van der Waals surface area (Å²) in [5.41, 5.74) is 17.0. The van der Waals surface area contributed by atoms with Gasteiger partial charge < -0.3 is 17.2 Å². The fourth-order valence-electron chi connectivity index (χ4n) is 2.38. The molecule has 0 saturated heterocycles. The number of nitrogens with zero attached hydrogens (tertiary/aromatic N) is 1. The van der Waals surface area contributed by atoms with E-state index >= 15 is 0 Å². The third kappa shape index (κ3) is 7.44. The van der Waals surface area contributed by atoms with E-state index in [9.17, 15) is 9.59 Å². The molecule has 0 unspecified atom stereocenters. The lowest BCUT2D eigenvalue weighted by atomic mass is 9.88. The Kier molecular flexibility index (Phi) is 7.80. The highest BCUT2D eigenvalue weighted by Crippen LogP contribution is 2.17. The smallest absolute Gasteiger partial charge is 0.221 e. The van der Waals surface area contributed by atoms with Crippen LogP contribution in [0.15, 0.2) is 35.3 Å². The second-order valence-corrected chi connectivity index (χ2v) is 5.81. The number of amides is 1. The van der Waals surface area contributed by atoms with Gasteiger partial charge in [0, 0.05) is 24.8 Å². The highest BCUT2D eigenvalue weighted by molar-refractivity contribution is 5.87. The molecule has 126 valence electrons. The third-order valence-corrected chi connectivity index (χ3v) is 3.81. The van der Waals surface area contributed by atoms with E-state index < -0.39 is 11.8 Å². The summed E-state index contributed by atoms with van der Waals surface area (Å²) in [6.45, 7) is 2.36. The minimum Gasteiger partial charge on any atom is -0.370 e. The van der Waals surface area contributed by atoms with Crippen LogP contribution in [0.3, 0.4) is 0 Å². The average Bonchev–Trinajstić information content (AvgIpc) is 2.51. The van der Waals surface area contributed by atoms with Crippen molar-refractivity contribution in [2.75, 3.05) is 6.54 Å². The Morgan fingerprint density at radius 2 is 1.78 bits per heavy atom. The standard InChI is InChI=1S/C17H26N4O2/c1-12(6-5-9-21-17(19)20)15(22)11-14(16(18)23)10-13-7-3-2-4-8-13/h2-4,7-8,12,14H,5-6,9-11H2,1H3,(H2,18,23)(H4,19,20,21)/t12-,14+/m0/s1. The third-order valence-electron chi connectivity index (χ3n) is 3.81. The number of carbonyl (C=O) groups is 2. The molecule has 0 heterocycles. The molecule has 0 saturated carbocycles. The van der Waals surface area contributed by atoms with Crippen LogP contribution >= 0.6 is 0 Å². The molecule has 0 aliphatic carbocycles. The van der Waals surface area contributed by atoms with Gasteiger partial charge in [-0.2, -0.15) is 0 Å². The molecule has 2 atom stereocenters. The van der Waals surface area contributed by atoms with Crippen molar-refractivity contribution < 1.29 is 9.59 Å². The van der Waals surface area contributed by atoms with Gasteiger partial charge in [0.05, 0.1) is 0 Å². The fourth-order valence-corrected chi connectivity index (χ4v) is 2.38. The zero-order valence-electron chi connectivity index (χ0n) is 13.6. The zero-order chi connectivity index (χ0) is 17.2. The maximum atomic E-state index is 12.3. The summed E-state index contributed by atoms with van der Waals surface area (Å²) >= 11 is 0. The summed E-state index contributed by atoms with van der Waals surface area (Å²) in [5.74, 6) is -0.933. The Morgan fingerprint density at radius 1 is 1.13 bits per heavy atom. The van der Waals surface area contributed by atoms with E-state index in [1.54, 1.807) is 0 Å². The molecule has 1 rings (SSSR count). The topological polar surface area (TPSA) is 125 Å². The molecule has 1 aromatic rings. The van der Waals surface area contributed by atoms with Crippen molar-refractivity contribution in [1.82, 2.24) is 0 Å². The van der Waals surface area contributed by atoms with Gasteiger partial charge >= 0.3 is 0 Å². The zero-order valence-corrected chi connectivity index (χ0v) is 13.6. The van der Waals surface area contributed by atoms with Crippen molar-refractivity contribution in [1.29, 1.82) is 0 Å². The maximum absolute atomic E-state index is 12.3. The molecule has 23 heavy (non-hydrogen) atoms. The van der Waals surface area contributed by atoms with E-state index in [1.807, 2.05) is 37.3 Å². The Balaban J connectivity index is 2.50. The molecule has 0 aromatic heterocycles. The average molecular weight is 318 g/mol. The Morgan fingerprint density at radius 3 is 2.35 bits per heavy atom. The number of nitrogens with two attached hydrogens (primary N) is 3. The lowest BCUT2D eigenvalue weighted by Gasteiger charge is -2.16. The number of hydrogen-bond acceptors (Lipinski definition) is 3. The van der Waals surface area contributed by atoms with Crippen LogP contribution < -0.4 is 17.2 Å². The molecule has 0 aliphatic heterocycles. The monoisotopic (exact) mass is 318 g/mol. The first-order chi connectivity index (χ1) is 10.9. The van der Waals surface area contributed by atoms with E-state index in [4.69, 9.17) is 17.2 Å². The molecule has 0 radical (unpaired) electrons. The Labute approximate surface area is 137 Å². The van der Waals surface area contributed by atoms with Gasteiger partial charge in [-0.15, -0.1) is 0 Å². The van der Waals surface area contributed by atoms with Gasteiger partial charge in [0.2, 0.25) is 5.91 Å². The summed E-state index contributed by atoms with van der Waals surface area (Å²) < 4.78 is 0. The van der Waals surface area contributed by atoms with E-state index in [2.05, 4.69) is 4.99 Å². The largest absolute Gasteiger partial charge is 0.370 e. The number of guanidine groups is 1. The molecule has 1 amide bonds. The van der Waals surface area contributed by atoms with Crippen LogP contribution in [0.2, 0.25) is 0 Å². The SMILES string of the molecule is C[C@@H](CCCN=C(N)N)C(=O)C[C@@H](Cc1ccccc1)C(N)=O. The predicted octanol–water partition coefficient (Wildman–Crippen LogP) is 0.980. The van der Waals surface area contributed by atoms with Crippen LogP contribution in [0.4, 0.5) is 0 Å². The molecule has 6 heteroatoms. The van der Waals surface area contributed by atoms with Gasteiger partial charge in [-0.3, -0.25) is 14.6 Å². The van der Waals surface area contributed by atoms with E-state index in [0.717, 1.165) is 12.0 Å². The number of benzene rings is 1. The quantitative estimate of drug-likeness (QED) is 0.338. The molecule has 0 fully saturated rings. The first-order valence-corrected chi connectivity index (χ1v) is 7.81. The molecule has 1 aromatic carbocycles. The normalized spacial score (nSPS) is 13.1. The Bertz CT molecular complexity index is 539. The first kappa shape index (κ1) is 18.7. The second kappa shape index (κ2) is 9.61. The lowest BCUT2D eigenvalue weighted by molar-refractivity contribution is -0.129.